The van der Waals surface area contributed by atoms with E-state index >= 15 is 0 Å². The van der Waals surface area contributed by atoms with Crippen LogP contribution in [0.4, 0.5) is 4.39 Å². The molecule has 4 nitrogen and oxygen atoms in total. The number of pyridine rings is 1. The lowest BCUT2D eigenvalue weighted by Crippen LogP contribution is -2.12. The zero-order chi connectivity index (χ0) is 14.0. The van der Waals surface area contributed by atoms with Gasteiger partial charge >= 0.3 is 0 Å². The number of carbonyl (C=O) groups excluding carboxylic acids is 1. The molecule has 0 saturated carbocycles. The highest BCUT2D eigenvalue weighted by Gasteiger charge is 2.19. The van der Waals surface area contributed by atoms with E-state index in [4.69, 9.17) is 11.6 Å². The van der Waals surface area contributed by atoms with Gasteiger partial charge < -0.3 is 0 Å². The summed E-state index contributed by atoms with van der Waals surface area (Å²) in [5.41, 5.74) is 1.09. The second-order valence-corrected chi connectivity index (χ2v) is 4.47. The molecule has 0 N–H and O–H groups in total. The van der Waals surface area contributed by atoms with Crippen LogP contribution in [0.2, 0.25) is 5.02 Å². The highest BCUT2D eigenvalue weighted by Crippen LogP contribution is 2.22. The normalized spacial score (nSPS) is 10.7. The van der Waals surface area contributed by atoms with Gasteiger partial charge in [-0.25, -0.2) is 4.39 Å². The van der Waals surface area contributed by atoms with E-state index in [1.54, 1.807) is 11.6 Å². The second kappa shape index (κ2) is 5.48. The molecular weight excluding hydrogens is 269 g/mol. The number of hydrogen-bond acceptors (Lipinski definition) is 3. The molecule has 0 unspecified atom stereocenters. The van der Waals surface area contributed by atoms with Gasteiger partial charge in [0.1, 0.15) is 5.69 Å². The lowest BCUT2D eigenvalue weighted by atomic mass is 10.1. The molecule has 0 aromatic carbocycles. The van der Waals surface area contributed by atoms with Crippen LogP contribution in [-0.4, -0.2) is 20.5 Å². The molecule has 0 bridgehead atoms. The van der Waals surface area contributed by atoms with E-state index in [-0.39, 0.29) is 12.1 Å². The minimum atomic E-state index is -0.622. The van der Waals surface area contributed by atoms with Crippen molar-refractivity contribution in [1.82, 2.24) is 14.8 Å². The summed E-state index contributed by atoms with van der Waals surface area (Å²) < 4.78 is 15.1. The molecule has 0 aliphatic heterocycles. The van der Waals surface area contributed by atoms with Crippen LogP contribution in [0.3, 0.4) is 0 Å². The highest BCUT2D eigenvalue weighted by atomic mass is 35.5. The molecule has 2 aromatic rings. The van der Waals surface area contributed by atoms with Gasteiger partial charge in [-0.05, 0) is 26.0 Å². The summed E-state index contributed by atoms with van der Waals surface area (Å²) in [6.45, 7) is 4.27. The molecule has 0 spiro atoms. The summed E-state index contributed by atoms with van der Waals surface area (Å²) in [6, 6.07) is 2.66. The fourth-order valence-corrected chi connectivity index (χ4v) is 2.07. The summed E-state index contributed by atoms with van der Waals surface area (Å²) in [4.78, 5) is 15.8. The summed E-state index contributed by atoms with van der Waals surface area (Å²) in [6.07, 6.45) is 1.38. The van der Waals surface area contributed by atoms with Crippen molar-refractivity contribution in [2.75, 3.05) is 0 Å². The van der Waals surface area contributed by atoms with Crippen LogP contribution in [0.15, 0.2) is 18.3 Å². The maximum atomic E-state index is 13.5. The Bertz CT molecular complexity index is 624. The number of aryl methyl sites for hydroxylation is 2. The molecule has 2 heterocycles. The third kappa shape index (κ3) is 2.66. The van der Waals surface area contributed by atoms with Gasteiger partial charge in [0.15, 0.2) is 11.6 Å². The van der Waals surface area contributed by atoms with E-state index in [0.717, 1.165) is 0 Å². The Balaban J connectivity index is 2.32. The lowest BCUT2D eigenvalue weighted by molar-refractivity contribution is 0.0981. The number of hydrogen-bond donors (Lipinski definition) is 0. The Morgan fingerprint density at radius 1 is 1.53 bits per heavy atom. The number of rotatable bonds is 4. The Morgan fingerprint density at radius 2 is 2.26 bits per heavy atom. The van der Waals surface area contributed by atoms with Crippen molar-refractivity contribution < 1.29 is 9.18 Å². The molecule has 2 rings (SSSR count). The number of ketones is 1. The van der Waals surface area contributed by atoms with Crippen molar-refractivity contribution >= 4 is 17.4 Å². The number of Topliss-reactive ketones (excluding diaryl/α,β-unsaturated/α-hetero) is 1. The summed E-state index contributed by atoms with van der Waals surface area (Å²) >= 11 is 6.11. The minimum Gasteiger partial charge on any atom is -0.292 e. The fraction of sp³-hybridized carbons (Fsp3) is 0.308. The Morgan fingerprint density at radius 3 is 2.89 bits per heavy atom. The highest BCUT2D eigenvalue weighted by molar-refractivity contribution is 6.32. The lowest BCUT2D eigenvalue weighted by Gasteiger charge is -2.05. The minimum absolute atomic E-state index is 0.0125. The van der Waals surface area contributed by atoms with Gasteiger partial charge in [-0.15, -0.1) is 0 Å². The fourth-order valence-electron chi connectivity index (χ4n) is 1.86. The van der Waals surface area contributed by atoms with Crippen molar-refractivity contribution in [2.45, 2.75) is 26.8 Å². The molecule has 19 heavy (non-hydrogen) atoms. The van der Waals surface area contributed by atoms with Crippen molar-refractivity contribution in [2.24, 2.45) is 0 Å². The van der Waals surface area contributed by atoms with E-state index in [1.165, 1.54) is 18.3 Å². The number of aromatic nitrogens is 3. The van der Waals surface area contributed by atoms with Gasteiger partial charge in [0.2, 0.25) is 0 Å². The third-order valence-electron chi connectivity index (χ3n) is 2.80. The molecule has 0 amide bonds. The Labute approximate surface area is 115 Å². The number of halogens is 2. The van der Waals surface area contributed by atoms with Crippen LogP contribution >= 0.6 is 11.6 Å². The van der Waals surface area contributed by atoms with Crippen LogP contribution in [-0.2, 0) is 13.0 Å². The maximum absolute atomic E-state index is 13.5. The monoisotopic (exact) mass is 281 g/mol. The van der Waals surface area contributed by atoms with E-state index in [2.05, 4.69) is 10.1 Å². The summed E-state index contributed by atoms with van der Waals surface area (Å²) in [7, 11) is 0. The van der Waals surface area contributed by atoms with Crippen molar-refractivity contribution in [3.8, 4) is 0 Å². The van der Waals surface area contributed by atoms with Crippen LogP contribution in [0.25, 0.3) is 0 Å². The molecule has 100 valence electrons. The van der Waals surface area contributed by atoms with Gasteiger partial charge in [0.05, 0.1) is 22.8 Å². The molecular formula is C13H13ClFN3O. The molecule has 0 aliphatic carbocycles. The standard InChI is InChI=1S/C13H13ClFN3O/c1-3-18-10(12(14)8(2)17-18)7-11(19)13-9(15)5-4-6-16-13/h4-6H,3,7H2,1-2H3. The van der Waals surface area contributed by atoms with Crippen LogP contribution in [0, 0.1) is 12.7 Å². The van der Waals surface area contributed by atoms with Crippen LogP contribution < -0.4 is 0 Å². The van der Waals surface area contributed by atoms with Gasteiger partial charge in [-0.1, -0.05) is 11.6 Å². The van der Waals surface area contributed by atoms with Crippen molar-refractivity contribution in [3.05, 3.63) is 46.3 Å². The summed E-state index contributed by atoms with van der Waals surface area (Å²) in [5.74, 6) is -1.03. The Kier molecular flexibility index (Phi) is 3.95. The largest absolute Gasteiger partial charge is 0.292 e. The first-order chi connectivity index (χ1) is 9.04. The molecule has 0 fully saturated rings. The average Bonchev–Trinajstić information content (AvgIpc) is 2.67. The zero-order valence-electron chi connectivity index (χ0n) is 10.7. The van der Waals surface area contributed by atoms with E-state index in [0.29, 0.717) is 23.0 Å². The van der Waals surface area contributed by atoms with Crippen molar-refractivity contribution in [1.29, 1.82) is 0 Å². The number of carbonyl (C=O) groups is 1. The van der Waals surface area contributed by atoms with Gasteiger partial charge in [0, 0.05) is 12.7 Å². The molecule has 0 aliphatic rings. The molecule has 2 aromatic heterocycles. The zero-order valence-corrected chi connectivity index (χ0v) is 11.4. The molecule has 0 atom stereocenters. The van der Waals surface area contributed by atoms with E-state index in [9.17, 15) is 9.18 Å². The van der Waals surface area contributed by atoms with Crippen LogP contribution in [0.5, 0.6) is 0 Å². The van der Waals surface area contributed by atoms with Gasteiger partial charge in [0.25, 0.3) is 0 Å². The maximum Gasteiger partial charge on any atom is 0.190 e. The van der Waals surface area contributed by atoms with E-state index < -0.39 is 11.6 Å². The first-order valence-electron chi connectivity index (χ1n) is 5.90. The Hall–Kier alpha value is -1.75. The predicted octanol–water partition coefficient (Wildman–Crippen LogP) is 2.82. The molecule has 0 radical (unpaired) electrons. The summed E-state index contributed by atoms with van der Waals surface area (Å²) in [5, 5.41) is 4.67. The van der Waals surface area contributed by atoms with Crippen LogP contribution in [0.1, 0.15) is 28.8 Å². The average molecular weight is 282 g/mol. The van der Waals surface area contributed by atoms with Gasteiger partial charge in [-0.2, -0.15) is 5.10 Å². The van der Waals surface area contributed by atoms with Crippen molar-refractivity contribution in [3.63, 3.8) is 0 Å². The quantitative estimate of drug-likeness (QED) is 0.810. The first kappa shape index (κ1) is 13.7. The predicted molar refractivity (Wildman–Crippen MR) is 69.9 cm³/mol. The van der Waals surface area contributed by atoms with Gasteiger partial charge in [-0.3, -0.25) is 14.5 Å². The van der Waals surface area contributed by atoms with E-state index in [1.807, 2.05) is 6.92 Å². The number of nitrogens with zero attached hydrogens (tertiary/aromatic N) is 3. The molecule has 0 saturated heterocycles. The second-order valence-electron chi connectivity index (χ2n) is 4.10. The molecule has 6 heteroatoms. The smallest absolute Gasteiger partial charge is 0.190 e. The SMILES string of the molecule is CCn1nc(C)c(Cl)c1CC(=O)c1ncccc1F. The third-order valence-corrected chi connectivity index (χ3v) is 3.30. The first-order valence-corrected chi connectivity index (χ1v) is 6.27. The topological polar surface area (TPSA) is 47.8 Å².